The van der Waals surface area contributed by atoms with Crippen LogP contribution in [0.4, 0.5) is 0 Å². The van der Waals surface area contributed by atoms with Gasteiger partial charge in [0.1, 0.15) is 0 Å². The fourth-order valence-corrected chi connectivity index (χ4v) is 3.88. The zero-order valence-corrected chi connectivity index (χ0v) is 19.1. The highest BCUT2D eigenvalue weighted by molar-refractivity contribution is 7.10. The molecule has 2 N–H and O–H groups in total. The van der Waals surface area contributed by atoms with Crippen LogP contribution in [-0.2, 0) is 11.8 Å². The van der Waals surface area contributed by atoms with Gasteiger partial charge in [-0.2, -0.15) is 0 Å². The molecule has 0 atom stereocenters. The van der Waals surface area contributed by atoms with Crippen molar-refractivity contribution in [1.82, 2.24) is 10.6 Å². The van der Waals surface area contributed by atoms with Crippen molar-refractivity contribution in [2.24, 2.45) is 4.99 Å². The summed E-state index contributed by atoms with van der Waals surface area (Å²) in [6.45, 7) is 8.75. The van der Waals surface area contributed by atoms with E-state index >= 15 is 0 Å². The molecular formula is C22H33N3O3S. The predicted molar refractivity (Wildman–Crippen MR) is 121 cm³/mol. The van der Waals surface area contributed by atoms with E-state index < -0.39 is 0 Å². The van der Waals surface area contributed by atoms with Crippen LogP contribution in [0.2, 0.25) is 0 Å². The van der Waals surface area contributed by atoms with E-state index in [0.717, 1.165) is 31.0 Å². The van der Waals surface area contributed by atoms with Gasteiger partial charge in [-0.25, -0.2) is 0 Å². The molecule has 0 aliphatic heterocycles. The van der Waals surface area contributed by atoms with Gasteiger partial charge in [-0.15, -0.1) is 11.3 Å². The van der Waals surface area contributed by atoms with Crippen LogP contribution in [0.1, 0.15) is 31.2 Å². The molecule has 0 fully saturated rings. The highest BCUT2D eigenvalue weighted by atomic mass is 32.1. The molecule has 0 bridgehead atoms. The summed E-state index contributed by atoms with van der Waals surface area (Å²) in [5, 5.41) is 8.85. The Morgan fingerprint density at radius 2 is 1.79 bits per heavy atom. The molecule has 0 saturated carbocycles. The lowest BCUT2D eigenvalue weighted by molar-refractivity contribution is 0.322. The SMILES string of the molecule is CCNC(=NCC(C)(C)c1cccs1)NCCc1ccc(OC)c(OC)c1OC. The second-order valence-corrected chi connectivity index (χ2v) is 8.17. The number of thiophene rings is 1. The van der Waals surface area contributed by atoms with E-state index in [9.17, 15) is 0 Å². The average molecular weight is 420 g/mol. The van der Waals surface area contributed by atoms with Crippen LogP contribution in [0, 0.1) is 0 Å². The largest absolute Gasteiger partial charge is 0.493 e. The first kappa shape index (κ1) is 22.9. The molecule has 0 aliphatic rings. The summed E-state index contributed by atoms with van der Waals surface area (Å²) in [6.07, 6.45) is 0.766. The second kappa shape index (κ2) is 11.0. The maximum absolute atomic E-state index is 5.57. The van der Waals surface area contributed by atoms with Crippen LogP contribution in [0.5, 0.6) is 17.2 Å². The molecular weight excluding hydrogens is 386 g/mol. The monoisotopic (exact) mass is 419 g/mol. The smallest absolute Gasteiger partial charge is 0.203 e. The number of hydrogen-bond donors (Lipinski definition) is 2. The number of guanidine groups is 1. The molecule has 0 radical (unpaired) electrons. The highest BCUT2D eigenvalue weighted by Crippen LogP contribution is 2.39. The number of aliphatic imine (C=N–C) groups is 1. The van der Waals surface area contributed by atoms with Crippen molar-refractivity contribution < 1.29 is 14.2 Å². The van der Waals surface area contributed by atoms with Gasteiger partial charge < -0.3 is 24.8 Å². The number of hydrogen-bond acceptors (Lipinski definition) is 5. The molecule has 0 saturated heterocycles. The minimum absolute atomic E-state index is 0.00306. The molecule has 0 amide bonds. The van der Waals surface area contributed by atoms with Gasteiger partial charge in [-0.05, 0) is 30.9 Å². The molecule has 0 spiro atoms. The van der Waals surface area contributed by atoms with E-state index in [2.05, 4.69) is 48.9 Å². The number of ether oxygens (including phenoxy) is 3. The topological polar surface area (TPSA) is 64.1 Å². The number of benzene rings is 1. The Kier molecular flexibility index (Phi) is 8.64. The molecule has 1 aromatic heterocycles. The van der Waals surface area contributed by atoms with Crippen molar-refractivity contribution >= 4 is 17.3 Å². The highest BCUT2D eigenvalue weighted by Gasteiger charge is 2.21. The van der Waals surface area contributed by atoms with E-state index in [1.807, 2.05) is 12.1 Å². The molecule has 29 heavy (non-hydrogen) atoms. The standard InChI is InChI=1S/C22H33N3O3S/c1-7-23-21(25-15-22(2,3)18-9-8-14-29-18)24-13-12-16-10-11-17(26-4)20(28-6)19(16)27-5/h8-11,14H,7,12-13,15H2,1-6H3,(H2,23,24,25). The van der Waals surface area contributed by atoms with Crippen molar-refractivity contribution in [3.63, 3.8) is 0 Å². The lowest BCUT2D eigenvalue weighted by Gasteiger charge is -2.22. The van der Waals surface area contributed by atoms with Gasteiger partial charge in [0.2, 0.25) is 5.75 Å². The van der Waals surface area contributed by atoms with E-state index in [-0.39, 0.29) is 5.41 Å². The van der Waals surface area contributed by atoms with E-state index in [1.165, 1.54) is 4.88 Å². The molecule has 160 valence electrons. The van der Waals surface area contributed by atoms with Crippen LogP contribution < -0.4 is 24.8 Å². The first-order valence-electron chi connectivity index (χ1n) is 9.80. The summed E-state index contributed by atoms with van der Waals surface area (Å²) in [6, 6.07) is 8.17. The molecule has 2 rings (SSSR count). The van der Waals surface area contributed by atoms with E-state index in [4.69, 9.17) is 19.2 Å². The third-order valence-corrected chi connectivity index (χ3v) is 5.87. The first-order valence-corrected chi connectivity index (χ1v) is 10.7. The maximum Gasteiger partial charge on any atom is 0.203 e. The summed E-state index contributed by atoms with van der Waals surface area (Å²) < 4.78 is 16.4. The minimum atomic E-state index is 0.00306. The van der Waals surface area contributed by atoms with Crippen molar-refractivity contribution in [3.05, 3.63) is 40.1 Å². The first-order chi connectivity index (χ1) is 14.0. The Balaban J connectivity index is 2.04. The van der Waals surface area contributed by atoms with Crippen LogP contribution in [-0.4, -0.2) is 46.9 Å². The minimum Gasteiger partial charge on any atom is -0.493 e. The Bertz CT molecular complexity index is 789. The van der Waals surface area contributed by atoms with Crippen LogP contribution in [0.25, 0.3) is 0 Å². The zero-order chi connectivity index (χ0) is 21.3. The lowest BCUT2D eigenvalue weighted by atomic mass is 9.92. The third-order valence-electron chi connectivity index (χ3n) is 4.64. The predicted octanol–water partition coefficient (Wildman–Crippen LogP) is 3.85. The van der Waals surface area contributed by atoms with Crippen LogP contribution in [0.3, 0.4) is 0 Å². The third kappa shape index (κ3) is 6.03. The molecule has 1 heterocycles. The maximum atomic E-state index is 5.57. The number of nitrogens with zero attached hydrogens (tertiary/aromatic N) is 1. The van der Waals surface area contributed by atoms with Gasteiger partial charge in [0.05, 0.1) is 27.9 Å². The quantitative estimate of drug-likeness (QED) is 0.452. The second-order valence-electron chi connectivity index (χ2n) is 7.23. The average Bonchev–Trinajstić information content (AvgIpc) is 3.27. The van der Waals surface area contributed by atoms with Gasteiger partial charge in [0.15, 0.2) is 17.5 Å². The normalized spacial score (nSPS) is 11.9. The number of rotatable bonds is 10. The van der Waals surface area contributed by atoms with Gasteiger partial charge >= 0.3 is 0 Å². The Morgan fingerprint density at radius 3 is 2.38 bits per heavy atom. The summed E-state index contributed by atoms with van der Waals surface area (Å²) in [4.78, 5) is 6.14. The molecule has 0 unspecified atom stereocenters. The van der Waals surface area contributed by atoms with Crippen molar-refractivity contribution in [1.29, 1.82) is 0 Å². The van der Waals surface area contributed by atoms with Crippen LogP contribution >= 0.6 is 11.3 Å². The van der Waals surface area contributed by atoms with Gasteiger partial charge in [0.25, 0.3) is 0 Å². The van der Waals surface area contributed by atoms with Gasteiger partial charge in [-0.3, -0.25) is 4.99 Å². The summed E-state index contributed by atoms with van der Waals surface area (Å²) >= 11 is 1.77. The number of nitrogens with one attached hydrogen (secondary N) is 2. The fraction of sp³-hybridized carbons (Fsp3) is 0.500. The van der Waals surface area contributed by atoms with Gasteiger partial charge in [0, 0.05) is 28.9 Å². The van der Waals surface area contributed by atoms with Gasteiger partial charge in [-0.1, -0.05) is 26.0 Å². The Morgan fingerprint density at radius 1 is 1.03 bits per heavy atom. The van der Waals surface area contributed by atoms with Crippen molar-refractivity contribution in [2.75, 3.05) is 41.0 Å². The number of methoxy groups -OCH3 is 3. The summed E-state index contributed by atoms with van der Waals surface area (Å²) in [5.74, 6) is 2.79. The zero-order valence-electron chi connectivity index (χ0n) is 18.3. The fourth-order valence-electron chi connectivity index (χ4n) is 3.04. The summed E-state index contributed by atoms with van der Waals surface area (Å²) in [7, 11) is 4.88. The molecule has 0 aliphatic carbocycles. The molecule has 6 nitrogen and oxygen atoms in total. The van der Waals surface area contributed by atoms with Crippen molar-refractivity contribution in [3.8, 4) is 17.2 Å². The van der Waals surface area contributed by atoms with Crippen molar-refractivity contribution in [2.45, 2.75) is 32.6 Å². The Hall–Kier alpha value is -2.41. The lowest BCUT2D eigenvalue weighted by Crippen LogP contribution is -2.39. The van der Waals surface area contributed by atoms with E-state index in [1.54, 1.807) is 32.7 Å². The molecule has 2 aromatic rings. The Labute approximate surface area is 178 Å². The van der Waals surface area contributed by atoms with Crippen LogP contribution in [0.15, 0.2) is 34.6 Å². The van der Waals surface area contributed by atoms with E-state index in [0.29, 0.717) is 23.8 Å². The molecule has 7 heteroatoms. The summed E-state index contributed by atoms with van der Waals surface area (Å²) in [5.41, 5.74) is 1.05. The molecule has 1 aromatic carbocycles.